The van der Waals surface area contributed by atoms with E-state index in [1.807, 2.05) is 12.1 Å². The van der Waals surface area contributed by atoms with Gasteiger partial charge in [0.25, 0.3) is 5.56 Å². The van der Waals surface area contributed by atoms with Crippen molar-refractivity contribution >= 4 is 10.8 Å². The summed E-state index contributed by atoms with van der Waals surface area (Å²) in [7, 11) is 0. The molecule has 3 heteroatoms. The lowest BCUT2D eigenvalue weighted by Gasteiger charge is -2.19. The maximum absolute atomic E-state index is 11.9. The summed E-state index contributed by atoms with van der Waals surface area (Å²) in [6.45, 7) is 6.51. The molecular weight excluding hydrogens is 274 g/mol. The van der Waals surface area contributed by atoms with Crippen LogP contribution in [0.1, 0.15) is 26.3 Å². The second-order valence-electron chi connectivity index (χ2n) is 6.56. The van der Waals surface area contributed by atoms with E-state index in [0.29, 0.717) is 10.8 Å². The Hall–Kier alpha value is -2.55. The van der Waals surface area contributed by atoms with Gasteiger partial charge in [0.15, 0.2) is 0 Å². The Morgan fingerprint density at radius 3 is 2.32 bits per heavy atom. The highest BCUT2D eigenvalue weighted by Crippen LogP contribution is 2.33. The molecule has 112 valence electrons. The minimum atomic E-state index is -0.194. The number of benzene rings is 2. The Bertz CT molecular complexity index is 884. The van der Waals surface area contributed by atoms with Gasteiger partial charge in [0.2, 0.25) is 0 Å². The largest absolute Gasteiger partial charge is 0.507 e. The van der Waals surface area contributed by atoms with E-state index < -0.39 is 0 Å². The Labute approximate surface area is 129 Å². The normalized spacial score (nSPS) is 11.8. The Kier molecular flexibility index (Phi) is 3.28. The fourth-order valence-corrected chi connectivity index (χ4v) is 2.68. The van der Waals surface area contributed by atoms with Gasteiger partial charge in [-0.25, -0.2) is 0 Å². The number of H-pyrrole nitrogens is 1. The summed E-state index contributed by atoms with van der Waals surface area (Å²) in [4.78, 5) is 14.7. The standard InChI is InChI=1S/C19H19NO2/c1-19(2,3)13-9-7-12(8-10-13)15-11-20-18(22)14-5-4-6-16(21)17(14)15/h4-11,21H,1-3H3,(H,20,22). The maximum atomic E-state index is 11.9. The minimum Gasteiger partial charge on any atom is -0.507 e. The summed E-state index contributed by atoms with van der Waals surface area (Å²) in [6.07, 6.45) is 1.66. The van der Waals surface area contributed by atoms with Crippen molar-refractivity contribution in [3.05, 3.63) is 64.6 Å². The molecular formula is C19H19NO2. The van der Waals surface area contributed by atoms with Crippen LogP contribution in [0.25, 0.3) is 21.9 Å². The monoisotopic (exact) mass is 293 g/mol. The lowest BCUT2D eigenvalue weighted by molar-refractivity contribution is 0.481. The highest BCUT2D eigenvalue weighted by Gasteiger charge is 2.15. The Morgan fingerprint density at radius 2 is 1.68 bits per heavy atom. The van der Waals surface area contributed by atoms with Crippen molar-refractivity contribution < 1.29 is 5.11 Å². The Morgan fingerprint density at radius 1 is 1.00 bits per heavy atom. The number of phenolic OH excluding ortho intramolecular Hbond substituents is 1. The number of rotatable bonds is 1. The molecule has 22 heavy (non-hydrogen) atoms. The molecule has 0 aliphatic rings. The number of phenols is 1. The summed E-state index contributed by atoms with van der Waals surface area (Å²) in [5.41, 5.74) is 2.94. The molecule has 3 aromatic rings. The third-order valence-electron chi connectivity index (χ3n) is 3.97. The Balaban J connectivity index is 2.23. The van der Waals surface area contributed by atoms with Crippen molar-refractivity contribution in [1.29, 1.82) is 0 Å². The van der Waals surface area contributed by atoms with Gasteiger partial charge in [0, 0.05) is 17.1 Å². The predicted octanol–water partition coefficient (Wildman–Crippen LogP) is 4.20. The van der Waals surface area contributed by atoms with Crippen molar-refractivity contribution in [3.63, 3.8) is 0 Å². The number of aromatic hydroxyl groups is 1. The number of aromatic nitrogens is 1. The van der Waals surface area contributed by atoms with Crippen LogP contribution in [0.5, 0.6) is 5.75 Å². The molecule has 0 fully saturated rings. The van der Waals surface area contributed by atoms with Crippen LogP contribution >= 0.6 is 0 Å². The van der Waals surface area contributed by atoms with Gasteiger partial charge in [-0.2, -0.15) is 0 Å². The molecule has 1 aromatic heterocycles. The van der Waals surface area contributed by atoms with Gasteiger partial charge >= 0.3 is 0 Å². The molecule has 0 atom stereocenters. The average Bonchev–Trinajstić information content (AvgIpc) is 2.48. The highest BCUT2D eigenvalue weighted by molar-refractivity contribution is 5.99. The molecule has 0 bridgehead atoms. The summed E-state index contributed by atoms with van der Waals surface area (Å²) in [6, 6.07) is 13.2. The van der Waals surface area contributed by atoms with Gasteiger partial charge in [-0.3, -0.25) is 4.79 Å². The molecule has 0 saturated heterocycles. The first kappa shape index (κ1) is 14.4. The van der Waals surface area contributed by atoms with E-state index >= 15 is 0 Å². The van der Waals surface area contributed by atoms with Crippen molar-refractivity contribution in [2.45, 2.75) is 26.2 Å². The minimum absolute atomic E-state index is 0.0910. The first-order valence-electron chi connectivity index (χ1n) is 7.32. The third kappa shape index (κ3) is 2.39. The molecule has 3 nitrogen and oxygen atoms in total. The van der Waals surface area contributed by atoms with Crippen LogP contribution in [0.15, 0.2) is 53.5 Å². The van der Waals surface area contributed by atoms with Gasteiger partial charge in [0.05, 0.1) is 5.39 Å². The highest BCUT2D eigenvalue weighted by atomic mass is 16.3. The fourth-order valence-electron chi connectivity index (χ4n) is 2.68. The number of pyridine rings is 1. The van der Waals surface area contributed by atoms with Gasteiger partial charge in [-0.15, -0.1) is 0 Å². The molecule has 2 aromatic carbocycles. The first-order chi connectivity index (χ1) is 10.4. The molecule has 0 aliphatic carbocycles. The van der Waals surface area contributed by atoms with Crippen LogP contribution in [0.2, 0.25) is 0 Å². The van der Waals surface area contributed by atoms with E-state index in [4.69, 9.17) is 0 Å². The van der Waals surface area contributed by atoms with E-state index in [9.17, 15) is 9.90 Å². The van der Waals surface area contributed by atoms with Gasteiger partial charge < -0.3 is 10.1 Å². The molecule has 1 heterocycles. The number of aromatic amines is 1. The maximum Gasteiger partial charge on any atom is 0.255 e. The number of hydrogen-bond acceptors (Lipinski definition) is 2. The molecule has 3 rings (SSSR count). The molecule has 0 radical (unpaired) electrons. The van der Waals surface area contributed by atoms with Crippen molar-refractivity contribution in [1.82, 2.24) is 4.98 Å². The zero-order chi connectivity index (χ0) is 15.9. The van der Waals surface area contributed by atoms with E-state index in [1.165, 1.54) is 5.56 Å². The average molecular weight is 293 g/mol. The second kappa shape index (κ2) is 5.02. The summed E-state index contributed by atoms with van der Waals surface area (Å²) >= 11 is 0. The lowest BCUT2D eigenvalue weighted by atomic mass is 9.86. The van der Waals surface area contributed by atoms with Crippen LogP contribution < -0.4 is 5.56 Å². The quantitative estimate of drug-likeness (QED) is 0.706. The van der Waals surface area contributed by atoms with Gasteiger partial charge in [-0.1, -0.05) is 51.1 Å². The van der Waals surface area contributed by atoms with Crippen LogP contribution in [0.4, 0.5) is 0 Å². The van der Waals surface area contributed by atoms with Crippen molar-refractivity contribution in [3.8, 4) is 16.9 Å². The van der Waals surface area contributed by atoms with Crippen LogP contribution in [0.3, 0.4) is 0 Å². The molecule has 0 aliphatic heterocycles. The molecule has 0 saturated carbocycles. The van der Waals surface area contributed by atoms with E-state index in [1.54, 1.807) is 24.4 Å². The van der Waals surface area contributed by atoms with Crippen molar-refractivity contribution in [2.75, 3.05) is 0 Å². The molecule has 0 amide bonds. The second-order valence-corrected chi connectivity index (χ2v) is 6.56. The lowest BCUT2D eigenvalue weighted by Crippen LogP contribution is -2.10. The van der Waals surface area contributed by atoms with E-state index in [2.05, 4.69) is 37.9 Å². The summed E-state index contributed by atoms with van der Waals surface area (Å²) in [5.74, 6) is 0.124. The van der Waals surface area contributed by atoms with Crippen LogP contribution in [-0.4, -0.2) is 10.1 Å². The number of hydrogen-bond donors (Lipinski definition) is 2. The number of nitrogens with one attached hydrogen (secondary N) is 1. The smallest absolute Gasteiger partial charge is 0.255 e. The van der Waals surface area contributed by atoms with Gasteiger partial charge in [-0.05, 0) is 28.7 Å². The number of fused-ring (bicyclic) bond motifs is 1. The zero-order valence-electron chi connectivity index (χ0n) is 13.0. The van der Waals surface area contributed by atoms with Crippen LogP contribution in [-0.2, 0) is 5.41 Å². The SMILES string of the molecule is CC(C)(C)c1ccc(-c2c[nH]c(=O)c3cccc(O)c23)cc1. The topological polar surface area (TPSA) is 53.1 Å². The first-order valence-corrected chi connectivity index (χ1v) is 7.32. The van der Waals surface area contributed by atoms with Crippen molar-refractivity contribution in [2.24, 2.45) is 0 Å². The molecule has 0 unspecified atom stereocenters. The predicted molar refractivity (Wildman–Crippen MR) is 90.4 cm³/mol. The van der Waals surface area contributed by atoms with E-state index in [0.717, 1.165) is 11.1 Å². The summed E-state index contributed by atoms with van der Waals surface area (Å²) in [5, 5.41) is 11.3. The van der Waals surface area contributed by atoms with Gasteiger partial charge in [0.1, 0.15) is 5.75 Å². The fraction of sp³-hybridized carbons (Fsp3) is 0.211. The van der Waals surface area contributed by atoms with Crippen LogP contribution in [0, 0.1) is 0 Å². The molecule has 0 spiro atoms. The summed E-state index contributed by atoms with van der Waals surface area (Å²) < 4.78 is 0. The molecule has 2 N–H and O–H groups in total. The third-order valence-corrected chi connectivity index (χ3v) is 3.97. The zero-order valence-corrected chi connectivity index (χ0v) is 13.0. The van der Waals surface area contributed by atoms with E-state index in [-0.39, 0.29) is 16.7 Å².